The first-order valence-corrected chi connectivity index (χ1v) is 15.6. The highest BCUT2D eigenvalue weighted by Crippen LogP contribution is 2.37. The maximum absolute atomic E-state index is 9.26. The minimum atomic E-state index is 0.00548. The molecule has 0 fully saturated rings. The van der Waals surface area contributed by atoms with Crippen LogP contribution in [-0.4, -0.2) is 29.9 Å². The normalized spacial score (nSPS) is 10.1. The van der Waals surface area contributed by atoms with E-state index in [1.807, 2.05) is 36.4 Å². The molecule has 0 amide bonds. The molecule has 15 heteroatoms. The van der Waals surface area contributed by atoms with Gasteiger partial charge in [0.1, 0.15) is 88.4 Å². The first-order valence-electron chi connectivity index (χ1n) is 15.6. The molecule has 0 saturated heterocycles. The number of aromatic nitrogens is 6. The lowest BCUT2D eigenvalue weighted by molar-refractivity contribution is 0.440. The quantitative estimate of drug-likeness (QED) is 0.132. The summed E-state index contributed by atoms with van der Waals surface area (Å²) in [6.07, 6.45) is 0. The highest BCUT2D eigenvalue weighted by molar-refractivity contribution is 5.62. The van der Waals surface area contributed by atoms with Crippen molar-refractivity contribution < 1.29 is 14.2 Å². The lowest BCUT2D eigenvalue weighted by atomic mass is 10.2. The number of imidazole rings is 3. The third-order valence-electron chi connectivity index (χ3n) is 7.71. The summed E-state index contributed by atoms with van der Waals surface area (Å²) in [6.45, 7) is 0. The number of nitrogens with one attached hydrogen (secondary N) is 3. The topological polar surface area (TPSA) is 256 Å². The van der Waals surface area contributed by atoms with E-state index in [1.54, 1.807) is 91.0 Å². The van der Waals surface area contributed by atoms with Crippen LogP contribution < -0.4 is 14.2 Å². The average Bonchev–Trinajstić information content (AvgIpc) is 3.95. The van der Waals surface area contributed by atoms with Gasteiger partial charge in [0.25, 0.3) is 0 Å². The first-order chi connectivity index (χ1) is 26.4. The minimum Gasteiger partial charge on any atom is -0.457 e. The van der Waals surface area contributed by atoms with Crippen LogP contribution in [0.15, 0.2) is 91.0 Å². The van der Waals surface area contributed by atoms with E-state index < -0.39 is 0 Å². The molecule has 3 N–H and O–H groups in total. The summed E-state index contributed by atoms with van der Waals surface area (Å²) >= 11 is 0. The second-order valence-corrected chi connectivity index (χ2v) is 11.1. The summed E-state index contributed by atoms with van der Waals surface area (Å²) in [5.74, 6) is 3.58. The molecule has 0 spiro atoms. The van der Waals surface area contributed by atoms with Crippen molar-refractivity contribution in [1.29, 1.82) is 31.6 Å². The van der Waals surface area contributed by atoms with Gasteiger partial charge in [-0.2, -0.15) is 31.6 Å². The van der Waals surface area contributed by atoms with Crippen LogP contribution in [0, 0.1) is 68.0 Å². The van der Waals surface area contributed by atoms with Gasteiger partial charge in [-0.3, -0.25) is 0 Å². The Kier molecular flexibility index (Phi) is 8.88. The molecule has 0 bridgehead atoms. The largest absolute Gasteiger partial charge is 0.457 e. The zero-order valence-corrected chi connectivity index (χ0v) is 27.4. The highest BCUT2D eigenvalue weighted by Gasteiger charge is 2.15. The second kappa shape index (κ2) is 14.4. The number of aromatic amines is 3. The molecule has 15 nitrogen and oxygen atoms in total. The van der Waals surface area contributed by atoms with Gasteiger partial charge in [-0.05, 0) is 72.8 Å². The van der Waals surface area contributed by atoms with Gasteiger partial charge in [-0.25, -0.2) is 15.0 Å². The number of hydrogen-bond donors (Lipinski definition) is 3. The molecule has 0 atom stereocenters. The van der Waals surface area contributed by atoms with Gasteiger partial charge in [-0.1, -0.05) is 0 Å². The zero-order chi connectivity index (χ0) is 37.6. The highest BCUT2D eigenvalue weighted by atomic mass is 16.5. The molecule has 0 radical (unpaired) electrons. The lowest BCUT2D eigenvalue weighted by Crippen LogP contribution is -1.92. The Labute approximate surface area is 305 Å². The molecule has 54 heavy (non-hydrogen) atoms. The van der Waals surface area contributed by atoms with Gasteiger partial charge in [0.15, 0.2) is 34.2 Å². The fourth-order valence-corrected chi connectivity index (χ4v) is 5.19. The number of rotatable bonds is 9. The molecule has 0 aliphatic rings. The third kappa shape index (κ3) is 6.83. The predicted octanol–water partition coefficient (Wildman–Crippen LogP) is 7.46. The Morgan fingerprint density at radius 3 is 0.815 bits per heavy atom. The van der Waals surface area contributed by atoms with Gasteiger partial charge in [0, 0.05) is 34.9 Å². The van der Waals surface area contributed by atoms with Gasteiger partial charge in [0.2, 0.25) is 0 Å². The fourth-order valence-electron chi connectivity index (χ4n) is 5.19. The van der Waals surface area contributed by atoms with Crippen LogP contribution in [-0.2, 0) is 0 Å². The van der Waals surface area contributed by atoms with E-state index in [1.165, 1.54) is 0 Å². The second-order valence-electron chi connectivity index (χ2n) is 11.1. The summed E-state index contributed by atoms with van der Waals surface area (Å²) in [5.41, 5.74) is 2.15. The summed E-state index contributed by atoms with van der Waals surface area (Å²) in [4.78, 5) is 21.1. The molecule has 7 aromatic rings. The Hall–Kier alpha value is -9.15. The first kappa shape index (κ1) is 33.4. The van der Waals surface area contributed by atoms with E-state index in [0.29, 0.717) is 68.7 Å². The van der Waals surface area contributed by atoms with Crippen molar-refractivity contribution in [1.82, 2.24) is 29.9 Å². The summed E-state index contributed by atoms with van der Waals surface area (Å²) in [7, 11) is 0. The molecular weight excluding hydrogens is 685 g/mol. The van der Waals surface area contributed by atoms with Crippen LogP contribution in [0.1, 0.15) is 34.2 Å². The fraction of sp³-hybridized carbons (Fsp3) is 0. The van der Waals surface area contributed by atoms with Crippen LogP contribution >= 0.6 is 0 Å². The monoisotopic (exact) mass is 702 g/mol. The van der Waals surface area contributed by atoms with E-state index in [4.69, 9.17) is 14.2 Å². The van der Waals surface area contributed by atoms with E-state index in [9.17, 15) is 31.6 Å². The minimum absolute atomic E-state index is 0.00548. The van der Waals surface area contributed by atoms with Gasteiger partial charge < -0.3 is 29.2 Å². The van der Waals surface area contributed by atoms with E-state index in [2.05, 4.69) is 29.9 Å². The number of benzene rings is 4. The SMILES string of the molecule is N#Cc1nc(-c2ccc(Oc3cc(Oc4ccc(-c5nc(C#N)c(C#N)[nH]5)cc4)cc(Oc4ccc(-c5nc(C#N)c(C#N)[nH]5)cc4)c3)cc2)[nH]c1C#N. The van der Waals surface area contributed by atoms with Crippen LogP contribution in [0.4, 0.5) is 0 Å². The maximum atomic E-state index is 9.26. The summed E-state index contributed by atoms with van der Waals surface area (Å²) in [5, 5.41) is 55.5. The molecule has 4 aromatic carbocycles. The standard InChI is InChI=1S/C39H18N12O3/c40-16-31-32(17-41)47-37(46-31)22-1-7-25(8-2-22)52-28-13-29(53-26-9-3-23(4-10-26)38-48-33(18-42)34(19-43)49-38)15-30(14-28)54-27-11-5-24(6-12-27)39-50-35(20-44)36(21-45)51-39/h1-15H,(H,46,47)(H,48,49)(H,50,51). The van der Waals surface area contributed by atoms with Crippen molar-refractivity contribution in [3.63, 3.8) is 0 Å². The molecule has 0 aliphatic heterocycles. The van der Waals surface area contributed by atoms with Crippen molar-refractivity contribution in [3.05, 3.63) is 125 Å². The average molecular weight is 703 g/mol. The van der Waals surface area contributed by atoms with Crippen molar-refractivity contribution in [2.24, 2.45) is 0 Å². The third-order valence-corrected chi connectivity index (χ3v) is 7.71. The smallest absolute Gasteiger partial charge is 0.177 e. The summed E-state index contributed by atoms with van der Waals surface area (Å²) < 4.78 is 18.6. The summed E-state index contributed by atoms with van der Waals surface area (Å²) in [6, 6.07) is 37.1. The maximum Gasteiger partial charge on any atom is 0.177 e. The Morgan fingerprint density at radius 2 is 0.611 bits per heavy atom. The van der Waals surface area contributed by atoms with E-state index in [0.717, 1.165) is 0 Å². The molecule has 0 unspecified atom stereocenters. The van der Waals surface area contributed by atoms with Crippen LogP contribution in [0.3, 0.4) is 0 Å². The number of nitrogens with zero attached hydrogens (tertiary/aromatic N) is 9. The lowest BCUT2D eigenvalue weighted by Gasteiger charge is -2.13. The predicted molar refractivity (Wildman–Crippen MR) is 187 cm³/mol. The zero-order valence-electron chi connectivity index (χ0n) is 27.4. The Balaban J connectivity index is 1.16. The van der Waals surface area contributed by atoms with E-state index >= 15 is 0 Å². The molecule has 252 valence electrons. The molecule has 0 aliphatic carbocycles. The Morgan fingerprint density at radius 1 is 0.352 bits per heavy atom. The molecule has 3 aromatic heterocycles. The van der Waals surface area contributed by atoms with Gasteiger partial charge >= 0.3 is 0 Å². The molecule has 0 saturated carbocycles. The van der Waals surface area contributed by atoms with Crippen LogP contribution in [0.5, 0.6) is 34.5 Å². The number of nitriles is 6. The van der Waals surface area contributed by atoms with Gasteiger partial charge in [0.05, 0.1) is 0 Å². The van der Waals surface area contributed by atoms with Crippen molar-refractivity contribution in [2.75, 3.05) is 0 Å². The Bertz CT molecular complexity index is 2390. The van der Waals surface area contributed by atoms with E-state index in [-0.39, 0.29) is 34.2 Å². The number of hydrogen-bond acceptors (Lipinski definition) is 12. The molecule has 7 rings (SSSR count). The molecular formula is C39H18N12O3. The molecule has 3 heterocycles. The van der Waals surface area contributed by atoms with Crippen LogP contribution in [0.2, 0.25) is 0 Å². The van der Waals surface area contributed by atoms with Gasteiger partial charge in [-0.15, -0.1) is 0 Å². The van der Waals surface area contributed by atoms with Crippen molar-refractivity contribution in [3.8, 4) is 105 Å². The van der Waals surface area contributed by atoms with Crippen molar-refractivity contribution >= 4 is 0 Å². The van der Waals surface area contributed by atoms with Crippen molar-refractivity contribution in [2.45, 2.75) is 0 Å². The van der Waals surface area contributed by atoms with Crippen LogP contribution in [0.25, 0.3) is 34.2 Å². The number of H-pyrrole nitrogens is 3. The number of ether oxygens (including phenoxy) is 3.